The normalized spacial score (nSPS) is 12.6. The van der Waals surface area contributed by atoms with E-state index >= 15 is 0 Å². The number of carbonyl (C=O) groups excluding carboxylic acids is 1. The smallest absolute Gasteiger partial charge is 0.239 e. The fourth-order valence-electron chi connectivity index (χ4n) is 1.30. The summed E-state index contributed by atoms with van der Waals surface area (Å²) in [6.45, 7) is 5.65. The number of hydrogen-bond acceptors (Lipinski definition) is 3. The first-order valence-corrected chi connectivity index (χ1v) is 6.60. The van der Waals surface area contributed by atoms with Crippen LogP contribution in [0.2, 0.25) is 0 Å². The van der Waals surface area contributed by atoms with Gasteiger partial charge in [0.25, 0.3) is 0 Å². The van der Waals surface area contributed by atoms with Crippen LogP contribution in [0, 0.1) is 0 Å². The van der Waals surface area contributed by atoms with Crippen LogP contribution in [-0.4, -0.2) is 41.9 Å². The molecule has 0 radical (unpaired) electrons. The first kappa shape index (κ1) is 13.8. The molecule has 0 aliphatic carbocycles. The van der Waals surface area contributed by atoms with Crippen LogP contribution in [-0.2, 0) is 4.79 Å². The molecule has 0 heterocycles. The van der Waals surface area contributed by atoms with Crippen LogP contribution < -0.4 is 5.73 Å². The average molecular weight is 218 g/mol. The van der Waals surface area contributed by atoms with Crippen LogP contribution in [0.15, 0.2) is 0 Å². The molecule has 0 aromatic carbocycles. The van der Waals surface area contributed by atoms with Gasteiger partial charge in [-0.2, -0.15) is 11.8 Å². The zero-order valence-corrected chi connectivity index (χ0v) is 10.3. The van der Waals surface area contributed by atoms with Crippen molar-refractivity contribution in [1.82, 2.24) is 4.90 Å². The third kappa shape index (κ3) is 4.86. The second kappa shape index (κ2) is 8.12. The minimum absolute atomic E-state index is 0.100. The first-order valence-electron chi connectivity index (χ1n) is 5.20. The number of rotatable bonds is 7. The summed E-state index contributed by atoms with van der Waals surface area (Å²) in [4.78, 5) is 13.6. The Morgan fingerprint density at radius 2 is 2.14 bits per heavy atom. The molecule has 0 aromatic rings. The lowest BCUT2D eigenvalue weighted by molar-refractivity contribution is -0.132. The van der Waals surface area contributed by atoms with Crippen molar-refractivity contribution in [3.05, 3.63) is 0 Å². The van der Waals surface area contributed by atoms with Crippen LogP contribution >= 0.6 is 11.8 Å². The van der Waals surface area contributed by atoms with Gasteiger partial charge in [0, 0.05) is 13.1 Å². The van der Waals surface area contributed by atoms with E-state index in [9.17, 15) is 4.79 Å². The van der Waals surface area contributed by atoms with Gasteiger partial charge in [0.15, 0.2) is 0 Å². The SMILES string of the molecule is CCCN(CC)C(=O)[C@@H](N)CCSC. The van der Waals surface area contributed by atoms with Crippen molar-refractivity contribution in [1.29, 1.82) is 0 Å². The predicted molar refractivity (Wildman–Crippen MR) is 63.5 cm³/mol. The second-order valence-electron chi connectivity index (χ2n) is 3.31. The van der Waals surface area contributed by atoms with E-state index < -0.39 is 0 Å². The highest BCUT2D eigenvalue weighted by Crippen LogP contribution is 2.03. The molecule has 3 nitrogen and oxygen atoms in total. The summed E-state index contributed by atoms with van der Waals surface area (Å²) in [7, 11) is 0. The highest BCUT2D eigenvalue weighted by Gasteiger charge is 2.18. The summed E-state index contributed by atoms with van der Waals surface area (Å²) in [6.07, 6.45) is 3.80. The molecule has 4 heteroatoms. The van der Waals surface area contributed by atoms with Gasteiger partial charge in [0.2, 0.25) is 5.91 Å². The van der Waals surface area contributed by atoms with Gasteiger partial charge in [-0.15, -0.1) is 0 Å². The van der Waals surface area contributed by atoms with Crippen LogP contribution in [0.3, 0.4) is 0 Å². The highest BCUT2D eigenvalue weighted by molar-refractivity contribution is 7.98. The third-order valence-electron chi connectivity index (χ3n) is 2.14. The summed E-state index contributed by atoms with van der Waals surface area (Å²) in [6, 6.07) is -0.311. The molecular formula is C10H22N2OS. The molecule has 2 N–H and O–H groups in total. The Kier molecular flexibility index (Phi) is 7.99. The van der Waals surface area contributed by atoms with Gasteiger partial charge >= 0.3 is 0 Å². The average Bonchev–Trinajstić information content (AvgIpc) is 2.21. The molecule has 0 saturated carbocycles. The van der Waals surface area contributed by atoms with Gasteiger partial charge in [-0.25, -0.2) is 0 Å². The summed E-state index contributed by atoms with van der Waals surface area (Å²) in [5.41, 5.74) is 5.81. The molecule has 0 saturated heterocycles. The fraction of sp³-hybridized carbons (Fsp3) is 0.900. The molecular weight excluding hydrogens is 196 g/mol. The van der Waals surface area contributed by atoms with Gasteiger partial charge in [-0.3, -0.25) is 4.79 Å². The molecule has 0 aromatic heterocycles. The molecule has 14 heavy (non-hydrogen) atoms. The standard InChI is InChI=1S/C10H22N2OS/c1-4-7-12(5-2)10(13)9(11)6-8-14-3/h9H,4-8,11H2,1-3H3/t9-/m0/s1. The van der Waals surface area contributed by atoms with E-state index in [1.165, 1.54) is 0 Å². The van der Waals surface area contributed by atoms with E-state index in [-0.39, 0.29) is 11.9 Å². The van der Waals surface area contributed by atoms with Crippen molar-refractivity contribution in [3.63, 3.8) is 0 Å². The first-order chi connectivity index (χ1) is 6.67. The Bertz CT molecular complexity index is 164. The third-order valence-corrected chi connectivity index (χ3v) is 2.78. The van der Waals surface area contributed by atoms with Crippen molar-refractivity contribution >= 4 is 17.7 Å². The molecule has 0 unspecified atom stereocenters. The number of likely N-dealkylation sites (N-methyl/N-ethyl adjacent to an activating group) is 1. The summed E-state index contributed by atoms with van der Waals surface area (Å²) < 4.78 is 0. The molecule has 1 atom stereocenters. The van der Waals surface area contributed by atoms with E-state index in [1.807, 2.05) is 18.1 Å². The maximum Gasteiger partial charge on any atom is 0.239 e. The number of nitrogens with zero attached hydrogens (tertiary/aromatic N) is 1. The number of thioether (sulfide) groups is 1. The van der Waals surface area contributed by atoms with Crippen molar-refractivity contribution < 1.29 is 4.79 Å². The Hall–Kier alpha value is -0.220. The molecule has 0 bridgehead atoms. The van der Waals surface area contributed by atoms with Crippen molar-refractivity contribution in [2.24, 2.45) is 5.73 Å². The number of amides is 1. The van der Waals surface area contributed by atoms with E-state index in [4.69, 9.17) is 5.73 Å². The Morgan fingerprint density at radius 1 is 1.50 bits per heavy atom. The highest BCUT2D eigenvalue weighted by atomic mass is 32.2. The van der Waals surface area contributed by atoms with E-state index in [0.29, 0.717) is 0 Å². The Balaban J connectivity index is 3.99. The Labute approximate surface area is 91.4 Å². The molecule has 0 aliphatic heterocycles. The van der Waals surface area contributed by atoms with Gasteiger partial charge < -0.3 is 10.6 Å². The summed E-state index contributed by atoms with van der Waals surface area (Å²) in [5.74, 6) is 1.06. The van der Waals surface area contributed by atoms with Gasteiger partial charge in [0.05, 0.1) is 6.04 Å². The maximum absolute atomic E-state index is 11.8. The minimum Gasteiger partial charge on any atom is -0.342 e. The summed E-state index contributed by atoms with van der Waals surface area (Å²) >= 11 is 1.73. The van der Waals surface area contributed by atoms with Gasteiger partial charge in [-0.1, -0.05) is 6.92 Å². The topological polar surface area (TPSA) is 46.3 Å². The molecule has 0 rings (SSSR count). The lowest BCUT2D eigenvalue weighted by Crippen LogP contribution is -2.44. The maximum atomic E-state index is 11.8. The monoisotopic (exact) mass is 218 g/mol. The lowest BCUT2D eigenvalue weighted by atomic mass is 10.2. The minimum atomic E-state index is -0.311. The van der Waals surface area contributed by atoms with E-state index in [0.717, 1.165) is 31.7 Å². The zero-order valence-electron chi connectivity index (χ0n) is 9.45. The number of carbonyl (C=O) groups is 1. The predicted octanol–water partition coefficient (Wildman–Crippen LogP) is 1.33. The van der Waals surface area contributed by atoms with Crippen LogP contribution in [0.1, 0.15) is 26.7 Å². The fourth-order valence-corrected chi connectivity index (χ4v) is 1.79. The number of nitrogens with two attached hydrogens (primary N) is 1. The zero-order chi connectivity index (χ0) is 11.0. The van der Waals surface area contributed by atoms with E-state index in [2.05, 4.69) is 6.92 Å². The Morgan fingerprint density at radius 3 is 2.57 bits per heavy atom. The molecule has 0 spiro atoms. The van der Waals surface area contributed by atoms with E-state index in [1.54, 1.807) is 11.8 Å². The van der Waals surface area contributed by atoms with Gasteiger partial charge in [0.1, 0.15) is 0 Å². The lowest BCUT2D eigenvalue weighted by Gasteiger charge is -2.23. The van der Waals surface area contributed by atoms with Crippen LogP contribution in [0.5, 0.6) is 0 Å². The van der Waals surface area contributed by atoms with Crippen molar-refractivity contribution in [3.8, 4) is 0 Å². The summed E-state index contributed by atoms with van der Waals surface area (Å²) in [5, 5.41) is 0. The molecule has 1 amide bonds. The van der Waals surface area contributed by atoms with Gasteiger partial charge in [-0.05, 0) is 31.8 Å². The van der Waals surface area contributed by atoms with Crippen molar-refractivity contribution in [2.45, 2.75) is 32.7 Å². The van der Waals surface area contributed by atoms with Crippen molar-refractivity contribution in [2.75, 3.05) is 25.1 Å². The van der Waals surface area contributed by atoms with Crippen LogP contribution in [0.25, 0.3) is 0 Å². The quantitative estimate of drug-likeness (QED) is 0.701. The molecule has 84 valence electrons. The molecule has 0 aliphatic rings. The number of hydrogen-bond donors (Lipinski definition) is 1. The van der Waals surface area contributed by atoms with Crippen LogP contribution in [0.4, 0.5) is 0 Å². The molecule has 0 fully saturated rings. The second-order valence-corrected chi connectivity index (χ2v) is 4.29. The largest absolute Gasteiger partial charge is 0.342 e.